The molecular weight excluding hydrogens is 286 g/mol. The number of piperidine rings is 1. The molecule has 4 rings (SSSR count). The smallest absolute Gasteiger partial charge is 0.229 e. The van der Waals surface area contributed by atoms with Gasteiger partial charge in [-0.1, -0.05) is 18.2 Å². The first-order valence-electron chi connectivity index (χ1n) is 7.89. The van der Waals surface area contributed by atoms with Gasteiger partial charge in [-0.3, -0.25) is 4.79 Å². The van der Waals surface area contributed by atoms with Crippen molar-refractivity contribution in [1.82, 2.24) is 4.90 Å². The lowest BCUT2D eigenvalue weighted by molar-refractivity contribution is -0.141. The van der Waals surface area contributed by atoms with E-state index in [2.05, 4.69) is 11.0 Å². The minimum absolute atomic E-state index is 0.0325. The molecule has 0 radical (unpaired) electrons. The highest BCUT2D eigenvalue weighted by molar-refractivity contribution is 6.20. The number of halogens is 1. The Hall–Kier alpha value is -1.22. The second-order valence-corrected chi connectivity index (χ2v) is 7.14. The number of para-hydroxylation sites is 1. The molecule has 21 heavy (non-hydrogen) atoms. The minimum Gasteiger partial charge on any atom is -0.492 e. The summed E-state index contributed by atoms with van der Waals surface area (Å²) in [7, 11) is 0. The van der Waals surface area contributed by atoms with Crippen molar-refractivity contribution < 1.29 is 9.53 Å². The second kappa shape index (κ2) is 5.20. The van der Waals surface area contributed by atoms with Crippen LogP contribution in [0, 0.1) is 5.92 Å². The van der Waals surface area contributed by atoms with Gasteiger partial charge in [-0.2, -0.15) is 0 Å². The molecule has 3 heterocycles. The number of amides is 1. The van der Waals surface area contributed by atoms with E-state index in [0.29, 0.717) is 18.7 Å². The van der Waals surface area contributed by atoms with Crippen LogP contribution >= 0.6 is 11.6 Å². The molecule has 0 spiro atoms. The van der Waals surface area contributed by atoms with Crippen LogP contribution < -0.4 is 4.74 Å². The SMILES string of the molecule is O=C(C1COc2ccccc2C1)N1C2CCC1CC(Cl)C2. The average Bonchev–Trinajstić information content (AvgIpc) is 2.78. The Bertz CT molecular complexity index is 547. The fourth-order valence-corrected chi connectivity index (χ4v) is 4.58. The number of carbonyl (C=O) groups excluding carboxylic acids is 1. The van der Waals surface area contributed by atoms with Crippen LogP contribution in [0.2, 0.25) is 0 Å². The molecule has 1 aromatic carbocycles. The number of carbonyl (C=O) groups is 1. The summed E-state index contributed by atoms with van der Waals surface area (Å²) >= 11 is 6.31. The Balaban J connectivity index is 1.52. The Morgan fingerprint density at radius 1 is 1.19 bits per heavy atom. The van der Waals surface area contributed by atoms with Crippen molar-refractivity contribution in [3.05, 3.63) is 29.8 Å². The standard InChI is InChI=1S/C17H20ClNO2/c18-13-8-14-5-6-15(9-13)19(14)17(20)12-7-11-3-1-2-4-16(11)21-10-12/h1-4,12-15H,5-10H2. The van der Waals surface area contributed by atoms with E-state index in [1.165, 1.54) is 0 Å². The zero-order valence-electron chi connectivity index (χ0n) is 12.0. The normalized spacial score (nSPS) is 34.2. The number of ether oxygens (including phenoxy) is 1. The number of hydrogen-bond donors (Lipinski definition) is 0. The summed E-state index contributed by atoms with van der Waals surface area (Å²) in [6.45, 7) is 0.510. The third kappa shape index (κ3) is 2.32. The predicted octanol–water partition coefficient (Wildman–Crippen LogP) is 3.00. The Kier molecular flexibility index (Phi) is 3.33. The number of alkyl halides is 1. The molecule has 0 aliphatic carbocycles. The maximum atomic E-state index is 12.9. The lowest BCUT2D eigenvalue weighted by Crippen LogP contribution is -2.51. The van der Waals surface area contributed by atoms with Crippen molar-refractivity contribution in [1.29, 1.82) is 0 Å². The average molecular weight is 306 g/mol. The highest BCUT2D eigenvalue weighted by Crippen LogP contribution is 2.39. The van der Waals surface area contributed by atoms with Crippen molar-refractivity contribution >= 4 is 17.5 Å². The van der Waals surface area contributed by atoms with E-state index in [9.17, 15) is 4.79 Å². The van der Waals surface area contributed by atoms with Gasteiger partial charge in [0, 0.05) is 17.5 Å². The van der Waals surface area contributed by atoms with E-state index in [4.69, 9.17) is 16.3 Å². The largest absolute Gasteiger partial charge is 0.492 e. The molecule has 0 aromatic heterocycles. The molecule has 2 saturated heterocycles. The van der Waals surface area contributed by atoms with Crippen molar-refractivity contribution in [2.75, 3.05) is 6.61 Å². The van der Waals surface area contributed by atoms with Crippen LogP contribution in [0.1, 0.15) is 31.2 Å². The molecule has 3 aliphatic heterocycles. The molecule has 4 heteroatoms. The molecule has 2 fully saturated rings. The molecule has 112 valence electrons. The number of hydrogen-bond acceptors (Lipinski definition) is 2. The number of fused-ring (bicyclic) bond motifs is 3. The first-order valence-corrected chi connectivity index (χ1v) is 8.33. The summed E-state index contributed by atoms with van der Waals surface area (Å²) in [5.74, 6) is 1.18. The van der Waals surface area contributed by atoms with Crippen LogP contribution in [-0.4, -0.2) is 34.9 Å². The third-order valence-corrected chi connectivity index (χ3v) is 5.51. The van der Waals surface area contributed by atoms with Gasteiger partial charge in [0.05, 0.1) is 5.92 Å². The van der Waals surface area contributed by atoms with Crippen LogP contribution in [0.4, 0.5) is 0 Å². The van der Waals surface area contributed by atoms with Crippen molar-refractivity contribution in [3.8, 4) is 5.75 Å². The lowest BCUT2D eigenvalue weighted by atomic mass is 9.93. The minimum atomic E-state index is -0.0325. The van der Waals surface area contributed by atoms with Crippen molar-refractivity contribution in [3.63, 3.8) is 0 Å². The summed E-state index contributed by atoms with van der Waals surface area (Å²) < 4.78 is 5.79. The molecule has 0 N–H and O–H groups in total. The van der Waals surface area contributed by atoms with E-state index in [1.807, 2.05) is 18.2 Å². The summed E-state index contributed by atoms with van der Waals surface area (Å²) in [4.78, 5) is 15.1. The van der Waals surface area contributed by atoms with Gasteiger partial charge in [-0.15, -0.1) is 11.6 Å². The van der Waals surface area contributed by atoms with Crippen LogP contribution in [-0.2, 0) is 11.2 Å². The maximum Gasteiger partial charge on any atom is 0.229 e. The predicted molar refractivity (Wildman–Crippen MR) is 81.7 cm³/mol. The molecule has 2 bridgehead atoms. The molecule has 3 nitrogen and oxygen atoms in total. The van der Waals surface area contributed by atoms with Crippen LogP contribution in [0.25, 0.3) is 0 Å². The van der Waals surface area contributed by atoms with Gasteiger partial charge < -0.3 is 9.64 Å². The summed E-state index contributed by atoms with van der Waals surface area (Å²) in [6, 6.07) is 8.75. The Labute approximate surface area is 130 Å². The van der Waals surface area contributed by atoms with Gasteiger partial charge in [0.2, 0.25) is 5.91 Å². The first-order chi connectivity index (χ1) is 10.2. The highest BCUT2D eigenvalue weighted by atomic mass is 35.5. The number of nitrogens with zero attached hydrogens (tertiary/aromatic N) is 1. The second-order valence-electron chi connectivity index (χ2n) is 6.52. The molecule has 3 atom stereocenters. The number of rotatable bonds is 1. The molecule has 3 unspecified atom stereocenters. The fraction of sp³-hybridized carbons (Fsp3) is 0.588. The van der Waals surface area contributed by atoms with Gasteiger partial charge in [0.15, 0.2) is 0 Å². The summed E-state index contributed by atoms with van der Waals surface area (Å²) in [5.41, 5.74) is 1.15. The molecule has 3 aliphatic rings. The fourth-order valence-electron chi connectivity index (χ4n) is 4.17. The number of benzene rings is 1. The van der Waals surface area contributed by atoms with E-state index in [0.717, 1.165) is 43.4 Å². The van der Waals surface area contributed by atoms with Crippen LogP contribution in [0.15, 0.2) is 24.3 Å². The molecule has 0 saturated carbocycles. The van der Waals surface area contributed by atoms with Gasteiger partial charge in [0.25, 0.3) is 0 Å². The van der Waals surface area contributed by atoms with Gasteiger partial charge in [0.1, 0.15) is 12.4 Å². The van der Waals surface area contributed by atoms with E-state index in [-0.39, 0.29) is 17.2 Å². The topological polar surface area (TPSA) is 29.5 Å². The van der Waals surface area contributed by atoms with Gasteiger partial charge >= 0.3 is 0 Å². The summed E-state index contributed by atoms with van der Waals surface area (Å²) in [6.07, 6.45) is 4.94. The van der Waals surface area contributed by atoms with E-state index in [1.54, 1.807) is 0 Å². The zero-order valence-corrected chi connectivity index (χ0v) is 12.8. The monoisotopic (exact) mass is 305 g/mol. The van der Waals surface area contributed by atoms with Crippen LogP contribution in [0.3, 0.4) is 0 Å². The Morgan fingerprint density at radius 2 is 1.90 bits per heavy atom. The van der Waals surface area contributed by atoms with Gasteiger partial charge in [-0.25, -0.2) is 0 Å². The third-order valence-electron chi connectivity index (χ3n) is 5.16. The van der Waals surface area contributed by atoms with E-state index >= 15 is 0 Å². The Morgan fingerprint density at radius 3 is 2.67 bits per heavy atom. The van der Waals surface area contributed by atoms with E-state index < -0.39 is 0 Å². The molecule has 1 aromatic rings. The zero-order chi connectivity index (χ0) is 14.4. The lowest BCUT2D eigenvalue weighted by Gasteiger charge is -2.39. The van der Waals surface area contributed by atoms with Crippen molar-refractivity contribution in [2.45, 2.75) is 49.6 Å². The van der Waals surface area contributed by atoms with Gasteiger partial charge in [-0.05, 0) is 43.7 Å². The van der Waals surface area contributed by atoms with Crippen molar-refractivity contribution in [2.24, 2.45) is 5.92 Å². The quantitative estimate of drug-likeness (QED) is 0.747. The maximum absolute atomic E-state index is 12.9. The highest BCUT2D eigenvalue weighted by Gasteiger charge is 2.44. The molecular formula is C17H20ClNO2. The summed E-state index contributed by atoms with van der Waals surface area (Å²) in [5, 5.41) is 0.245. The van der Waals surface area contributed by atoms with Crippen LogP contribution in [0.5, 0.6) is 5.75 Å². The molecule has 1 amide bonds. The first kappa shape index (κ1) is 13.4.